The summed E-state index contributed by atoms with van der Waals surface area (Å²) in [4.78, 5) is 24.2. The van der Waals surface area contributed by atoms with Gasteiger partial charge in [-0.05, 0) is 36.8 Å². The highest BCUT2D eigenvalue weighted by atomic mass is 35.5. The first kappa shape index (κ1) is 18.3. The first-order chi connectivity index (χ1) is 12.0. The molecule has 0 aromatic heterocycles. The van der Waals surface area contributed by atoms with Crippen LogP contribution in [0.4, 0.5) is 5.69 Å². The summed E-state index contributed by atoms with van der Waals surface area (Å²) in [6, 6.07) is 12.9. The Labute approximate surface area is 150 Å². The van der Waals surface area contributed by atoms with E-state index in [2.05, 4.69) is 10.6 Å². The number of benzene rings is 2. The molecule has 1 atom stereocenters. The molecule has 1 unspecified atom stereocenters. The van der Waals surface area contributed by atoms with Crippen molar-refractivity contribution in [2.75, 3.05) is 5.32 Å². The van der Waals surface area contributed by atoms with Gasteiger partial charge in [-0.1, -0.05) is 35.9 Å². The van der Waals surface area contributed by atoms with Gasteiger partial charge in [-0.25, -0.2) is 0 Å². The molecule has 0 aliphatic heterocycles. The largest absolute Gasteiger partial charge is 0.386 e. The lowest BCUT2D eigenvalue weighted by Crippen LogP contribution is -2.40. The Morgan fingerprint density at radius 2 is 2.00 bits per heavy atom. The smallest absolute Gasteiger partial charge is 0.292 e. The molecule has 0 saturated heterocycles. The predicted octanol–water partition coefficient (Wildman–Crippen LogP) is 2.89. The first-order valence-corrected chi connectivity index (χ1v) is 7.87. The van der Waals surface area contributed by atoms with Gasteiger partial charge in [-0.2, -0.15) is 0 Å². The maximum Gasteiger partial charge on any atom is 0.292 e. The average molecular weight is 358 g/mol. The normalized spacial score (nSPS) is 11.1. The molecule has 7 heteroatoms. The summed E-state index contributed by atoms with van der Waals surface area (Å²) in [5.74, 6) is -1.06. The van der Waals surface area contributed by atoms with Crippen LogP contribution in [0.5, 0.6) is 5.75 Å². The van der Waals surface area contributed by atoms with Crippen molar-refractivity contribution in [3.05, 3.63) is 59.1 Å². The topological polar surface area (TPSA) is 91.2 Å². The minimum Gasteiger partial charge on any atom is -0.386 e. The van der Waals surface area contributed by atoms with Gasteiger partial charge in [0.05, 0.1) is 11.7 Å². The third-order valence-corrected chi connectivity index (χ3v) is 3.61. The summed E-state index contributed by atoms with van der Waals surface area (Å²) in [6.07, 6.45) is 1.58. The molecule has 0 spiro atoms. The highest BCUT2D eigenvalue weighted by molar-refractivity contribution is 6.38. The molecule has 25 heavy (non-hydrogen) atoms. The Morgan fingerprint density at radius 3 is 2.72 bits per heavy atom. The van der Waals surface area contributed by atoms with E-state index in [1.165, 1.54) is 0 Å². The van der Waals surface area contributed by atoms with E-state index in [1.807, 2.05) is 0 Å². The van der Waals surface area contributed by atoms with Gasteiger partial charge in [0, 0.05) is 11.6 Å². The van der Waals surface area contributed by atoms with Crippen LogP contribution in [0.25, 0.3) is 0 Å². The third-order valence-electron chi connectivity index (χ3n) is 3.37. The Bertz CT molecular complexity index is 817. The number of ketones is 1. The van der Waals surface area contributed by atoms with Crippen molar-refractivity contribution in [2.45, 2.75) is 19.5 Å². The van der Waals surface area contributed by atoms with Crippen molar-refractivity contribution < 1.29 is 14.3 Å². The summed E-state index contributed by atoms with van der Waals surface area (Å²) in [5.41, 5.74) is 1.24. The van der Waals surface area contributed by atoms with Crippen LogP contribution >= 0.6 is 11.6 Å². The lowest BCUT2D eigenvalue weighted by atomic mass is 10.1. The van der Waals surface area contributed by atoms with Crippen molar-refractivity contribution in [3.8, 4) is 12.0 Å². The minimum absolute atomic E-state index is 0.200. The van der Waals surface area contributed by atoms with E-state index in [1.54, 1.807) is 61.7 Å². The summed E-state index contributed by atoms with van der Waals surface area (Å²) in [6.45, 7) is 1.76. The number of Topliss-reactive ketones (excluding diaryl/α,β-unsaturated/α-hetero) is 1. The van der Waals surface area contributed by atoms with Crippen molar-refractivity contribution in [1.82, 2.24) is 5.32 Å². The maximum absolute atomic E-state index is 12.2. The fraction of sp³-hybridized carbons (Fsp3) is 0.167. The van der Waals surface area contributed by atoms with Crippen LogP contribution in [0, 0.1) is 11.5 Å². The van der Waals surface area contributed by atoms with Crippen molar-refractivity contribution in [2.24, 2.45) is 0 Å². The maximum atomic E-state index is 12.2. The van der Waals surface area contributed by atoms with E-state index < -0.39 is 17.7 Å². The number of rotatable bonds is 7. The molecule has 0 aliphatic carbocycles. The molecule has 128 valence electrons. The predicted molar refractivity (Wildman–Crippen MR) is 94.1 cm³/mol. The zero-order valence-electron chi connectivity index (χ0n) is 13.5. The van der Waals surface area contributed by atoms with Gasteiger partial charge in [0.25, 0.3) is 12.2 Å². The van der Waals surface area contributed by atoms with Crippen LogP contribution in [0.2, 0.25) is 5.02 Å². The van der Waals surface area contributed by atoms with Gasteiger partial charge < -0.3 is 15.4 Å². The van der Waals surface area contributed by atoms with Crippen LogP contribution in [-0.4, -0.2) is 17.7 Å². The second kappa shape index (κ2) is 8.71. The lowest BCUT2D eigenvalue weighted by molar-refractivity contribution is -0.138. The van der Waals surface area contributed by atoms with Crippen LogP contribution in [0.1, 0.15) is 12.5 Å². The van der Waals surface area contributed by atoms with Crippen LogP contribution in [-0.2, 0) is 16.1 Å². The average Bonchev–Trinajstić information content (AvgIpc) is 2.61. The Kier molecular flexibility index (Phi) is 6.38. The van der Waals surface area contributed by atoms with Crippen molar-refractivity contribution in [1.29, 1.82) is 5.26 Å². The zero-order chi connectivity index (χ0) is 18.2. The zero-order valence-corrected chi connectivity index (χ0v) is 14.2. The van der Waals surface area contributed by atoms with E-state index in [0.29, 0.717) is 10.7 Å². The molecule has 0 aliphatic rings. The van der Waals surface area contributed by atoms with E-state index >= 15 is 0 Å². The second-order valence-electron chi connectivity index (χ2n) is 5.23. The number of hydrogen-bond acceptors (Lipinski definition) is 5. The molecular weight excluding hydrogens is 342 g/mol. The molecule has 1 amide bonds. The number of halogens is 1. The highest BCUT2D eigenvalue weighted by Gasteiger charge is 2.22. The molecule has 0 radical (unpaired) electrons. The Balaban J connectivity index is 1.95. The third kappa shape index (κ3) is 5.23. The number of ether oxygens (including phenoxy) is 1. The van der Waals surface area contributed by atoms with Gasteiger partial charge in [-0.15, -0.1) is 5.26 Å². The monoisotopic (exact) mass is 357 g/mol. The number of anilines is 1. The second-order valence-corrected chi connectivity index (χ2v) is 5.67. The van der Waals surface area contributed by atoms with Crippen molar-refractivity contribution >= 4 is 29.0 Å². The number of amides is 1. The first-order valence-electron chi connectivity index (χ1n) is 7.49. The Hall–Kier alpha value is -3.04. The summed E-state index contributed by atoms with van der Waals surface area (Å²) < 4.78 is 4.81. The number of nitrogens with zero attached hydrogens (tertiary/aromatic N) is 1. The summed E-state index contributed by atoms with van der Waals surface area (Å²) >= 11 is 5.88. The summed E-state index contributed by atoms with van der Waals surface area (Å²) in [7, 11) is 0. The molecule has 2 aromatic rings. The molecule has 0 bridgehead atoms. The summed E-state index contributed by atoms with van der Waals surface area (Å²) in [5, 5.41) is 14.6. The van der Waals surface area contributed by atoms with Crippen molar-refractivity contribution in [3.63, 3.8) is 0 Å². The number of carbonyl (C=O) groups excluding carboxylic acids is 2. The minimum atomic E-state index is -0.789. The van der Waals surface area contributed by atoms with E-state index in [-0.39, 0.29) is 12.3 Å². The molecule has 2 rings (SSSR count). The number of hydrogen-bond donors (Lipinski definition) is 2. The van der Waals surface area contributed by atoms with Gasteiger partial charge in [0.2, 0.25) is 5.78 Å². The standard InChI is InChI=1S/C18H16ClN3O3/c1-12(22-15-7-2-3-8-16(15)25-11-20)17(23)18(24)21-10-13-5-4-6-14(19)9-13/h2-9,12,22H,10H2,1H3,(H,21,24). The lowest BCUT2D eigenvalue weighted by Gasteiger charge is -2.15. The molecule has 0 heterocycles. The fourth-order valence-electron chi connectivity index (χ4n) is 2.14. The Morgan fingerprint density at radius 1 is 1.24 bits per heavy atom. The molecule has 2 aromatic carbocycles. The van der Waals surface area contributed by atoms with Gasteiger partial charge in [-0.3, -0.25) is 9.59 Å². The SMILES string of the molecule is CC(Nc1ccccc1OC#N)C(=O)C(=O)NCc1cccc(Cl)c1. The molecule has 6 nitrogen and oxygen atoms in total. The van der Waals surface area contributed by atoms with Gasteiger partial charge in [0.1, 0.15) is 0 Å². The molecular formula is C18H16ClN3O3. The quantitative estimate of drug-likeness (QED) is 0.587. The van der Waals surface area contributed by atoms with E-state index in [9.17, 15) is 9.59 Å². The fourth-order valence-corrected chi connectivity index (χ4v) is 2.35. The molecule has 2 N–H and O–H groups in total. The van der Waals surface area contributed by atoms with Gasteiger partial charge in [0.15, 0.2) is 5.75 Å². The van der Waals surface area contributed by atoms with E-state index in [4.69, 9.17) is 21.6 Å². The number of carbonyl (C=O) groups is 2. The van der Waals surface area contributed by atoms with E-state index in [0.717, 1.165) is 5.56 Å². The number of nitrogens with one attached hydrogen (secondary N) is 2. The number of para-hydroxylation sites is 2. The van der Waals surface area contributed by atoms with Crippen LogP contribution in [0.15, 0.2) is 48.5 Å². The molecule has 0 fully saturated rings. The molecule has 0 saturated carbocycles. The van der Waals surface area contributed by atoms with Crippen LogP contribution < -0.4 is 15.4 Å². The highest BCUT2D eigenvalue weighted by Crippen LogP contribution is 2.24. The van der Waals surface area contributed by atoms with Crippen LogP contribution in [0.3, 0.4) is 0 Å². The van der Waals surface area contributed by atoms with Gasteiger partial charge >= 0.3 is 0 Å². The number of nitriles is 1.